The molecular formula is C16H25ClFN. The number of hydrogen-bond donors (Lipinski definition) is 1. The Kier molecular flexibility index (Phi) is 6.28. The zero-order valence-electron chi connectivity index (χ0n) is 12.4. The summed E-state index contributed by atoms with van der Waals surface area (Å²) in [4.78, 5) is 0. The van der Waals surface area contributed by atoms with Crippen LogP contribution in [0.25, 0.3) is 0 Å². The van der Waals surface area contributed by atoms with Crippen LogP contribution >= 0.6 is 11.6 Å². The number of nitrogens with one attached hydrogen (secondary N) is 1. The third-order valence-electron chi connectivity index (χ3n) is 3.96. The van der Waals surface area contributed by atoms with Gasteiger partial charge in [-0.2, -0.15) is 0 Å². The molecule has 0 bridgehead atoms. The molecule has 0 amide bonds. The standard InChI is InChI=1S/C16H25ClFN/c1-5-8-19-11-16(4,12(2)3)10-13-6-7-14(17)9-15(13)18/h6-7,9,12,19H,5,8,10-11H2,1-4H3. The fourth-order valence-corrected chi connectivity index (χ4v) is 2.28. The van der Waals surface area contributed by atoms with E-state index in [2.05, 4.69) is 33.0 Å². The van der Waals surface area contributed by atoms with E-state index >= 15 is 0 Å². The molecule has 19 heavy (non-hydrogen) atoms. The second kappa shape index (κ2) is 7.25. The highest BCUT2D eigenvalue weighted by Gasteiger charge is 2.29. The molecule has 0 fully saturated rings. The maximum Gasteiger partial charge on any atom is 0.127 e. The highest BCUT2D eigenvalue weighted by Crippen LogP contribution is 2.32. The Morgan fingerprint density at radius 2 is 2.05 bits per heavy atom. The Bertz CT molecular complexity index is 406. The van der Waals surface area contributed by atoms with Gasteiger partial charge >= 0.3 is 0 Å². The highest BCUT2D eigenvalue weighted by molar-refractivity contribution is 6.30. The van der Waals surface area contributed by atoms with Gasteiger partial charge in [0.25, 0.3) is 0 Å². The minimum Gasteiger partial charge on any atom is -0.316 e. The van der Waals surface area contributed by atoms with Crippen molar-refractivity contribution >= 4 is 11.6 Å². The van der Waals surface area contributed by atoms with Crippen LogP contribution in [0.3, 0.4) is 0 Å². The summed E-state index contributed by atoms with van der Waals surface area (Å²) < 4.78 is 13.9. The van der Waals surface area contributed by atoms with E-state index < -0.39 is 0 Å². The van der Waals surface area contributed by atoms with E-state index in [1.807, 2.05) is 0 Å². The molecule has 0 saturated heterocycles. The van der Waals surface area contributed by atoms with Crippen LogP contribution in [-0.2, 0) is 6.42 Å². The van der Waals surface area contributed by atoms with Crippen molar-refractivity contribution in [1.82, 2.24) is 5.32 Å². The summed E-state index contributed by atoms with van der Waals surface area (Å²) in [6.45, 7) is 10.7. The van der Waals surface area contributed by atoms with E-state index in [9.17, 15) is 4.39 Å². The van der Waals surface area contributed by atoms with Gasteiger partial charge in [-0.15, -0.1) is 0 Å². The summed E-state index contributed by atoms with van der Waals surface area (Å²) in [7, 11) is 0. The predicted octanol–water partition coefficient (Wildman–Crippen LogP) is 4.68. The average molecular weight is 286 g/mol. The molecule has 0 aliphatic carbocycles. The molecule has 108 valence electrons. The van der Waals surface area contributed by atoms with Crippen molar-refractivity contribution in [3.8, 4) is 0 Å². The minimum atomic E-state index is -0.199. The molecule has 0 radical (unpaired) electrons. The number of benzene rings is 1. The first-order chi connectivity index (χ1) is 8.89. The molecule has 1 aromatic rings. The van der Waals surface area contributed by atoms with Crippen molar-refractivity contribution < 1.29 is 4.39 Å². The van der Waals surface area contributed by atoms with Gasteiger partial charge in [-0.05, 0) is 48.4 Å². The summed E-state index contributed by atoms with van der Waals surface area (Å²) in [5.41, 5.74) is 0.794. The summed E-state index contributed by atoms with van der Waals surface area (Å²) in [5.74, 6) is 0.279. The van der Waals surface area contributed by atoms with Crippen LogP contribution in [0.5, 0.6) is 0 Å². The molecule has 0 aliphatic heterocycles. The lowest BCUT2D eigenvalue weighted by atomic mass is 9.74. The lowest BCUT2D eigenvalue weighted by molar-refractivity contribution is 0.205. The van der Waals surface area contributed by atoms with Crippen LogP contribution in [0.4, 0.5) is 4.39 Å². The van der Waals surface area contributed by atoms with Crippen molar-refractivity contribution in [1.29, 1.82) is 0 Å². The maximum atomic E-state index is 13.9. The van der Waals surface area contributed by atoms with E-state index in [-0.39, 0.29) is 11.2 Å². The quantitative estimate of drug-likeness (QED) is 0.717. The van der Waals surface area contributed by atoms with Gasteiger partial charge in [-0.3, -0.25) is 0 Å². The summed E-state index contributed by atoms with van der Waals surface area (Å²) in [6.07, 6.45) is 1.84. The molecular weight excluding hydrogens is 261 g/mol. The molecule has 1 rings (SSSR count). The zero-order chi connectivity index (χ0) is 14.5. The van der Waals surface area contributed by atoms with Gasteiger partial charge in [0.1, 0.15) is 5.82 Å². The van der Waals surface area contributed by atoms with Crippen molar-refractivity contribution in [2.24, 2.45) is 11.3 Å². The van der Waals surface area contributed by atoms with Crippen LogP contribution in [0.15, 0.2) is 18.2 Å². The average Bonchev–Trinajstić information content (AvgIpc) is 2.33. The number of hydrogen-bond acceptors (Lipinski definition) is 1. The first kappa shape index (κ1) is 16.5. The van der Waals surface area contributed by atoms with Crippen molar-refractivity contribution in [2.75, 3.05) is 13.1 Å². The van der Waals surface area contributed by atoms with E-state index in [0.29, 0.717) is 10.9 Å². The molecule has 0 spiro atoms. The first-order valence-electron chi connectivity index (χ1n) is 7.03. The van der Waals surface area contributed by atoms with Crippen LogP contribution in [0, 0.1) is 17.2 Å². The fourth-order valence-electron chi connectivity index (χ4n) is 2.12. The van der Waals surface area contributed by atoms with Crippen LogP contribution in [0.1, 0.15) is 39.7 Å². The smallest absolute Gasteiger partial charge is 0.127 e. The molecule has 0 heterocycles. The Morgan fingerprint density at radius 3 is 2.58 bits per heavy atom. The molecule has 3 heteroatoms. The molecule has 1 unspecified atom stereocenters. The predicted molar refractivity (Wildman–Crippen MR) is 81.2 cm³/mol. The highest BCUT2D eigenvalue weighted by atomic mass is 35.5. The van der Waals surface area contributed by atoms with Gasteiger partial charge in [-0.1, -0.05) is 45.4 Å². The number of rotatable bonds is 7. The van der Waals surface area contributed by atoms with Gasteiger partial charge in [0.05, 0.1) is 0 Å². The molecule has 0 aliphatic rings. The van der Waals surface area contributed by atoms with Gasteiger partial charge in [0.2, 0.25) is 0 Å². The van der Waals surface area contributed by atoms with Crippen molar-refractivity contribution in [3.05, 3.63) is 34.6 Å². The van der Waals surface area contributed by atoms with Gasteiger partial charge in [-0.25, -0.2) is 4.39 Å². The fraction of sp³-hybridized carbons (Fsp3) is 0.625. The SMILES string of the molecule is CCCNCC(C)(Cc1ccc(Cl)cc1F)C(C)C. The Morgan fingerprint density at radius 1 is 1.37 bits per heavy atom. The van der Waals surface area contributed by atoms with E-state index in [1.165, 1.54) is 6.07 Å². The van der Waals surface area contributed by atoms with Gasteiger partial charge in [0.15, 0.2) is 0 Å². The molecule has 1 N–H and O–H groups in total. The summed E-state index contributed by atoms with van der Waals surface area (Å²) in [6, 6.07) is 4.97. The Labute approximate surface area is 121 Å². The minimum absolute atomic E-state index is 0.0455. The molecule has 0 saturated carbocycles. The second-order valence-corrected chi connectivity index (χ2v) is 6.33. The van der Waals surface area contributed by atoms with E-state index in [4.69, 9.17) is 11.6 Å². The summed E-state index contributed by atoms with van der Waals surface area (Å²) in [5, 5.41) is 3.91. The third kappa shape index (κ3) is 4.77. The summed E-state index contributed by atoms with van der Waals surface area (Å²) >= 11 is 5.80. The third-order valence-corrected chi connectivity index (χ3v) is 4.19. The van der Waals surface area contributed by atoms with Gasteiger partial charge < -0.3 is 5.32 Å². The molecule has 1 aromatic carbocycles. The Balaban J connectivity index is 2.82. The lowest BCUT2D eigenvalue weighted by Crippen LogP contribution is -2.38. The van der Waals surface area contributed by atoms with Crippen LogP contribution in [0.2, 0.25) is 5.02 Å². The van der Waals surface area contributed by atoms with Gasteiger partial charge in [0, 0.05) is 11.6 Å². The molecule has 1 nitrogen and oxygen atoms in total. The monoisotopic (exact) mass is 285 g/mol. The van der Waals surface area contributed by atoms with Crippen LogP contribution < -0.4 is 5.32 Å². The van der Waals surface area contributed by atoms with Crippen molar-refractivity contribution in [2.45, 2.75) is 40.5 Å². The van der Waals surface area contributed by atoms with Crippen LogP contribution in [-0.4, -0.2) is 13.1 Å². The van der Waals surface area contributed by atoms with Crippen molar-refractivity contribution in [3.63, 3.8) is 0 Å². The largest absolute Gasteiger partial charge is 0.316 e. The van der Waals surface area contributed by atoms with E-state index in [1.54, 1.807) is 12.1 Å². The second-order valence-electron chi connectivity index (χ2n) is 5.90. The van der Waals surface area contributed by atoms with E-state index in [0.717, 1.165) is 31.5 Å². The topological polar surface area (TPSA) is 12.0 Å². The zero-order valence-corrected chi connectivity index (χ0v) is 13.1. The first-order valence-corrected chi connectivity index (χ1v) is 7.41. The molecule has 0 aromatic heterocycles. The molecule has 1 atom stereocenters. The Hall–Kier alpha value is -0.600. The maximum absolute atomic E-state index is 13.9. The lowest BCUT2D eigenvalue weighted by Gasteiger charge is -2.34. The number of halogens is 2. The normalized spacial score (nSPS) is 14.7.